The van der Waals surface area contributed by atoms with E-state index in [1.165, 1.54) is 20.0 Å². The van der Waals surface area contributed by atoms with E-state index in [0.717, 1.165) is 11.5 Å². The van der Waals surface area contributed by atoms with Crippen molar-refractivity contribution in [2.24, 2.45) is 0 Å². The molecular weight excluding hydrogens is 327 g/mol. The molecule has 0 bridgehead atoms. The van der Waals surface area contributed by atoms with Crippen molar-refractivity contribution >= 4 is 14.5 Å². The van der Waals surface area contributed by atoms with E-state index >= 15 is 0 Å². The summed E-state index contributed by atoms with van der Waals surface area (Å²) in [5.41, 5.74) is 2.55. The fourth-order valence-corrected chi connectivity index (χ4v) is 4.29. The Kier molecular flexibility index (Phi) is 4.14. The summed E-state index contributed by atoms with van der Waals surface area (Å²) in [6.45, 7) is 0. The molecule has 0 spiro atoms. The van der Waals surface area contributed by atoms with Gasteiger partial charge in [0.15, 0.2) is 0 Å². The van der Waals surface area contributed by atoms with Crippen LogP contribution in [0.25, 0.3) is 20.0 Å². The Bertz CT molecular complexity index is 650. The van der Waals surface area contributed by atoms with Gasteiger partial charge >= 0.3 is 130 Å². The number of hydrogen-bond acceptors (Lipinski definition) is 2. The molecule has 0 fully saturated rings. The molecule has 1 aromatic heterocycles. The van der Waals surface area contributed by atoms with Gasteiger partial charge in [0.25, 0.3) is 0 Å². The van der Waals surface area contributed by atoms with Crippen LogP contribution in [0, 0.1) is 0 Å². The molecular formula is C18H16O2Se. The molecule has 0 saturated heterocycles. The molecule has 3 rings (SSSR count). The van der Waals surface area contributed by atoms with Crippen LogP contribution in [-0.4, -0.2) is 28.7 Å². The number of rotatable bonds is 4. The normalized spacial score (nSPS) is 10.4. The first-order valence-electron chi connectivity index (χ1n) is 6.69. The maximum atomic E-state index is 5.20. The molecule has 0 aliphatic heterocycles. The Morgan fingerprint density at radius 3 is 1.29 bits per heavy atom. The van der Waals surface area contributed by atoms with E-state index in [-0.39, 0.29) is 0 Å². The monoisotopic (exact) mass is 344 g/mol. The molecule has 2 nitrogen and oxygen atoms in total. The van der Waals surface area contributed by atoms with Crippen molar-refractivity contribution in [1.82, 2.24) is 0 Å². The SMILES string of the molecule is COc1ccc(-c2ccc(-c3ccc(OC)cc3)[se]2)cc1. The Morgan fingerprint density at radius 1 is 0.571 bits per heavy atom. The molecule has 0 unspecified atom stereocenters. The van der Waals surface area contributed by atoms with Crippen LogP contribution in [0.15, 0.2) is 60.7 Å². The van der Waals surface area contributed by atoms with Crippen molar-refractivity contribution in [3.63, 3.8) is 0 Å². The fraction of sp³-hybridized carbons (Fsp3) is 0.111. The van der Waals surface area contributed by atoms with E-state index in [2.05, 4.69) is 36.4 Å². The summed E-state index contributed by atoms with van der Waals surface area (Å²) >= 11 is 0.336. The molecule has 3 heteroatoms. The van der Waals surface area contributed by atoms with Gasteiger partial charge < -0.3 is 0 Å². The molecule has 0 amide bonds. The standard InChI is InChI=1S/C18H16O2Se/c1-19-15-7-3-13(4-8-15)17-11-12-18(21-17)14-5-9-16(20-2)10-6-14/h3-12H,1-2H3. The van der Waals surface area contributed by atoms with Crippen LogP contribution in [0.2, 0.25) is 0 Å². The summed E-state index contributed by atoms with van der Waals surface area (Å²) in [4.78, 5) is 0. The summed E-state index contributed by atoms with van der Waals surface area (Å²) in [7, 11) is 3.38. The van der Waals surface area contributed by atoms with Gasteiger partial charge in [0, 0.05) is 0 Å². The van der Waals surface area contributed by atoms with Gasteiger partial charge in [-0.1, -0.05) is 0 Å². The van der Waals surface area contributed by atoms with Gasteiger partial charge in [-0.25, -0.2) is 0 Å². The van der Waals surface area contributed by atoms with Crippen LogP contribution in [0.5, 0.6) is 11.5 Å². The second-order valence-corrected chi connectivity index (χ2v) is 6.89. The van der Waals surface area contributed by atoms with Crippen LogP contribution < -0.4 is 9.47 Å². The van der Waals surface area contributed by atoms with Crippen LogP contribution in [0.4, 0.5) is 0 Å². The van der Waals surface area contributed by atoms with Crippen LogP contribution in [0.1, 0.15) is 0 Å². The molecule has 21 heavy (non-hydrogen) atoms. The third kappa shape index (κ3) is 3.05. The van der Waals surface area contributed by atoms with Crippen LogP contribution in [0.3, 0.4) is 0 Å². The second kappa shape index (κ2) is 6.21. The zero-order chi connectivity index (χ0) is 14.7. The summed E-state index contributed by atoms with van der Waals surface area (Å²) in [6, 6.07) is 21.0. The molecule has 0 radical (unpaired) electrons. The van der Waals surface area contributed by atoms with Gasteiger partial charge in [-0.15, -0.1) is 0 Å². The van der Waals surface area contributed by atoms with Gasteiger partial charge in [-0.05, 0) is 0 Å². The van der Waals surface area contributed by atoms with Crippen molar-refractivity contribution in [2.45, 2.75) is 0 Å². The summed E-state index contributed by atoms with van der Waals surface area (Å²) in [6.07, 6.45) is 0. The van der Waals surface area contributed by atoms with Gasteiger partial charge in [-0.3, -0.25) is 0 Å². The quantitative estimate of drug-likeness (QED) is 0.664. The first kappa shape index (κ1) is 14.0. The van der Waals surface area contributed by atoms with E-state index in [0.29, 0.717) is 14.5 Å². The van der Waals surface area contributed by atoms with Crippen LogP contribution in [-0.2, 0) is 0 Å². The minimum atomic E-state index is 0.336. The Labute approximate surface area is 130 Å². The Balaban J connectivity index is 1.87. The number of methoxy groups -OCH3 is 2. The predicted molar refractivity (Wildman–Crippen MR) is 87.4 cm³/mol. The van der Waals surface area contributed by atoms with E-state index in [4.69, 9.17) is 9.47 Å². The maximum absolute atomic E-state index is 5.20. The first-order chi connectivity index (χ1) is 10.3. The average molecular weight is 343 g/mol. The number of benzene rings is 2. The van der Waals surface area contributed by atoms with Gasteiger partial charge in [-0.2, -0.15) is 0 Å². The van der Waals surface area contributed by atoms with Crippen molar-refractivity contribution in [1.29, 1.82) is 0 Å². The first-order valence-corrected chi connectivity index (χ1v) is 8.40. The molecule has 2 aromatic carbocycles. The summed E-state index contributed by atoms with van der Waals surface area (Å²) in [5, 5.41) is 0. The van der Waals surface area contributed by atoms with Crippen molar-refractivity contribution < 1.29 is 9.47 Å². The van der Waals surface area contributed by atoms with Crippen molar-refractivity contribution in [2.75, 3.05) is 14.2 Å². The molecule has 0 aliphatic rings. The van der Waals surface area contributed by atoms with Crippen LogP contribution >= 0.6 is 0 Å². The Hall–Kier alpha value is -1.96. The van der Waals surface area contributed by atoms with Gasteiger partial charge in [0.1, 0.15) is 0 Å². The van der Waals surface area contributed by atoms with E-state index in [1.807, 2.05) is 24.3 Å². The topological polar surface area (TPSA) is 18.5 Å². The van der Waals surface area contributed by atoms with Crippen molar-refractivity contribution in [3.8, 4) is 31.5 Å². The zero-order valence-corrected chi connectivity index (χ0v) is 13.7. The van der Waals surface area contributed by atoms with E-state index in [1.54, 1.807) is 14.2 Å². The van der Waals surface area contributed by atoms with E-state index < -0.39 is 0 Å². The molecule has 1 heterocycles. The van der Waals surface area contributed by atoms with E-state index in [9.17, 15) is 0 Å². The third-order valence-corrected chi connectivity index (χ3v) is 5.84. The molecule has 106 valence electrons. The molecule has 0 aliphatic carbocycles. The molecule has 3 aromatic rings. The van der Waals surface area contributed by atoms with Crippen molar-refractivity contribution in [3.05, 3.63) is 60.7 Å². The molecule has 0 N–H and O–H groups in total. The summed E-state index contributed by atoms with van der Waals surface area (Å²) < 4.78 is 13.2. The minimum absolute atomic E-state index is 0.336. The zero-order valence-electron chi connectivity index (χ0n) is 12.0. The molecule has 0 saturated carbocycles. The second-order valence-electron chi connectivity index (χ2n) is 4.62. The average Bonchev–Trinajstić information content (AvgIpc) is 3.05. The van der Waals surface area contributed by atoms with Gasteiger partial charge in [0.2, 0.25) is 0 Å². The van der Waals surface area contributed by atoms with Gasteiger partial charge in [0.05, 0.1) is 0 Å². The third-order valence-electron chi connectivity index (χ3n) is 3.36. The predicted octanol–water partition coefficient (Wildman–Crippen LogP) is 4.09. The number of hydrogen-bond donors (Lipinski definition) is 0. The molecule has 0 atom stereocenters. The Morgan fingerprint density at radius 2 is 0.952 bits per heavy atom. The fourth-order valence-electron chi connectivity index (χ4n) is 2.16. The summed E-state index contributed by atoms with van der Waals surface area (Å²) in [5.74, 6) is 1.79. The number of ether oxygens (including phenoxy) is 2.